The van der Waals surface area contributed by atoms with Crippen LogP contribution in [0.5, 0.6) is 5.75 Å². The molecular formula is C21H33N3O2S. The van der Waals surface area contributed by atoms with Crippen LogP contribution in [0.3, 0.4) is 0 Å². The van der Waals surface area contributed by atoms with Crippen LogP contribution in [0.2, 0.25) is 0 Å². The fourth-order valence-electron chi connectivity index (χ4n) is 3.67. The normalized spacial score (nSPS) is 21.1. The van der Waals surface area contributed by atoms with Crippen molar-refractivity contribution in [2.75, 3.05) is 49.6 Å². The Morgan fingerprint density at radius 1 is 1.19 bits per heavy atom. The zero-order chi connectivity index (χ0) is 18.9. The number of nitrogens with one attached hydrogen (secondary N) is 1. The summed E-state index contributed by atoms with van der Waals surface area (Å²) in [4.78, 5) is 17.5. The number of carbonyl (C=O) groups excluding carboxylic acids is 1. The van der Waals surface area contributed by atoms with Crippen LogP contribution in [0, 0.1) is 0 Å². The number of anilines is 1. The van der Waals surface area contributed by atoms with Gasteiger partial charge in [0, 0.05) is 24.5 Å². The van der Waals surface area contributed by atoms with Crippen LogP contribution >= 0.6 is 11.8 Å². The Labute approximate surface area is 167 Å². The Morgan fingerprint density at radius 3 is 2.70 bits per heavy atom. The van der Waals surface area contributed by atoms with Crippen LogP contribution in [-0.4, -0.2) is 66.2 Å². The molecule has 0 aliphatic carbocycles. The van der Waals surface area contributed by atoms with Gasteiger partial charge in [-0.25, -0.2) is 4.79 Å². The molecule has 1 unspecified atom stereocenters. The van der Waals surface area contributed by atoms with Crippen LogP contribution in [0.25, 0.3) is 0 Å². The molecule has 1 aromatic rings. The van der Waals surface area contributed by atoms with Crippen molar-refractivity contribution in [2.45, 2.75) is 45.1 Å². The summed E-state index contributed by atoms with van der Waals surface area (Å²) in [7, 11) is 0. The molecule has 0 aromatic heterocycles. The molecule has 6 heteroatoms. The summed E-state index contributed by atoms with van der Waals surface area (Å²) >= 11 is 1.98. The van der Waals surface area contributed by atoms with Gasteiger partial charge in [0.25, 0.3) is 0 Å². The maximum absolute atomic E-state index is 13.0. The molecule has 2 aliphatic heterocycles. The van der Waals surface area contributed by atoms with E-state index in [0.29, 0.717) is 6.04 Å². The number of nitrogens with zero attached hydrogens (tertiary/aromatic N) is 2. The van der Waals surface area contributed by atoms with E-state index in [4.69, 9.17) is 4.74 Å². The van der Waals surface area contributed by atoms with Gasteiger partial charge in [0.1, 0.15) is 5.75 Å². The van der Waals surface area contributed by atoms with Crippen molar-refractivity contribution in [3.63, 3.8) is 0 Å². The monoisotopic (exact) mass is 391 g/mol. The molecule has 1 N–H and O–H groups in total. The molecule has 3 rings (SSSR count). The van der Waals surface area contributed by atoms with Gasteiger partial charge in [-0.15, -0.1) is 0 Å². The van der Waals surface area contributed by atoms with E-state index < -0.39 is 0 Å². The van der Waals surface area contributed by atoms with Gasteiger partial charge in [-0.05, 0) is 68.8 Å². The van der Waals surface area contributed by atoms with Gasteiger partial charge in [0.15, 0.2) is 0 Å². The van der Waals surface area contributed by atoms with Gasteiger partial charge in [-0.1, -0.05) is 13.3 Å². The second-order valence-electron chi connectivity index (χ2n) is 7.44. The van der Waals surface area contributed by atoms with Gasteiger partial charge in [-0.3, -0.25) is 0 Å². The predicted molar refractivity (Wildman–Crippen MR) is 114 cm³/mol. The third-order valence-electron chi connectivity index (χ3n) is 5.24. The van der Waals surface area contributed by atoms with Gasteiger partial charge in [0.2, 0.25) is 0 Å². The number of benzene rings is 1. The molecule has 0 spiro atoms. The smallest absolute Gasteiger partial charge is 0.322 e. The lowest BCUT2D eigenvalue weighted by Gasteiger charge is -2.32. The Kier molecular flexibility index (Phi) is 8.14. The number of amides is 2. The minimum atomic E-state index is 0.0290. The van der Waals surface area contributed by atoms with Crippen LogP contribution in [0.15, 0.2) is 24.3 Å². The Morgan fingerprint density at radius 2 is 1.96 bits per heavy atom. The first kappa shape index (κ1) is 20.3. The van der Waals surface area contributed by atoms with Crippen molar-refractivity contribution >= 4 is 23.5 Å². The summed E-state index contributed by atoms with van der Waals surface area (Å²) in [5, 5.41) is 3.09. The molecule has 5 nitrogen and oxygen atoms in total. The molecule has 0 saturated carbocycles. The minimum Gasteiger partial charge on any atom is -0.494 e. The zero-order valence-electron chi connectivity index (χ0n) is 16.5. The number of rotatable bonds is 7. The molecule has 2 fully saturated rings. The fraction of sp³-hybridized carbons (Fsp3) is 0.667. The molecular weight excluding hydrogens is 358 g/mol. The Bertz CT molecular complexity index is 575. The first-order valence-corrected chi connectivity index (χ1v) is 11.5. The van der Waals surface area contributed by atoms with Crippen LogP contribution < -0.4 is 10.1 Å². The first-order valence-electron chi connectivity index (χ1n) is 10.4. The highest BCUT2D eigenvalue weighted by molar-refractivity contribution is 7.99. The molecule has 2 heterocycles. The molecule has 1 atom stereocenters. The van der Waals surface area contributed by atoms with Crippen LogP contribution in [0.1, 0.15) is 39.0 Å². The molecule has 2 saturated heterocycles. The molecule has 2 amide bonds. The second-order valence-corrected chi connectivity index (χ2v) is 8.59. The molecule has 0 bridgehead atoms. The number of thioether (sulfide) groups is 1. The van der Waals surface area contributed by atoms with Gasteiger partial charge in [0.05, 0.1) is 12.6 Å². The quantitative estimate of drug-likeness (QED) is 0.704. The van der Waals surface area contributed by atoms with Crippen molar-refractivity contribution in [2.24, 2.45) is 0 Å². The number of carbonyl (C=O) groups is 1. The maximum Gasteiger partial charge on any atom is 0.322 e. The number of ether oxygens (including phenoxy) is 1. The summed E-state index contributed by atoms with van der Waals surface area (Å²) in [6.07, 6.45) is 5.83. The Balaban J connectivity index is 1.56. The summed E-state index contributed by atoms with van der Waals surface area (Å²) in [6.45, 7) is 7.10. The minimum absolute atomic E-state index is 0.0290. The largest absolute Gasteiger partial charge is 0.494 e. The van der Waals surface area contributed by atoms with E-state index in [1.165, 1.54) is 25.9 Å². The van der Waals surface area contributed by atoms with E-state index >= 15 is 0 Å². The molecule has 150 valence electrons. The number of likely N-dealkylation sites (tertiary alicyclic amines) is 1. The lowest BCUT2D eigenvalue weighted by molar-refractivity contribution is 0.173. The number of hydrogen-bond donors (Lipinski definition) is 1. The van der Waals surface area contributed by atoms with Crippen LogP contribution in [0.4, 0.5) is 10.5 Å². The highest BCUT2D eigenvalue weighted by Crippen LogP contribution is 2.21. The lowest BCUT2D eigenvalue weighted by Crippen LogP contribution is -2.49. The van der Waals surface area contributed by atoms with Crippen molar-refractivity contribution in [3.8, 4) is 5.75 Å². The average Bonchev–Trinajstić information content (AvgIpc) is 3.07. The van der Waals surface area contributed by atoms with Gasteiger partial charge >= 0.3 is 6.03 Å². The SMILES string of the molecule is CCCCOc1ccc(NC(=O)N2CCCSCC2CN2CCCC2)cc1. The fourth-order valence-corrected chi connectivity index (χ4v) is 4.73. The lowest BCUT2D eigenvalue weighted by atomic mass is 10.2. The predicted octanol–water partition coefficient (Wildman–Crippen LogP) is 4.30. The summed E-state index contributed by atoms with van der Waals surface area (Å²) < 4.78 is 5.70. The van der Waals surface area contributed by atoms with E-state index in [9.17, 15) is 4.79 Å². The van der Waals surface area contributed by atoms with Crippen molar-refractivity contribution in [1.29, 1.82) is 0 Å². The summed E-state index contributed by atoms with van der Waals surface area (Å²) in [5.74, 6) is 3.04. The van der Waals surface area contributed by atoms with Crippen molar-refractivity contribution in [1.82, 2.24) is 9.80 Å². The molecule has 1 aromatic carbocycles. The van der Waals surface area contributed by atoms with E-state index in [-0.39, 0.29) is 6.03 Å². The molecule has 27 heavy (non-hydrogen) atoms. The van der Waals surface area contributed by atoms with Crippen molar-refractivity contribution < 1.29 is 9.53 Å². The van der Waals surface area contributed by atoms with Gasteiger partial charge in [-0.2, -0.15) is 11.8 Å². The second kappa shape index (κ2) is 10.8. The number of unbranched alkanes of at least 4 members (excludes halogenated alkanes) is 1. The number of hydrogen-bond acceptors (Lipinski definition) is 4. The van der Waals surface area contributed by atoms with E-state index in [1.807, 2.05) is 36.0 Å². The summed E-state index contributed by atoms with van der Waals surface area (Å²) in [5.41, 5.74) is 0.833. The summed E-state index contributed by atoms with van der Waals surface area (Å²) in [6, 6.07) is 8.06. The highest BCUT2D eigenvalue weighted by Gasteiger charge is 2.28. The van der Waals surface area contributed by atoms with E-state index in [1.54, 1.807) is 0 Å². The molecule has 0 radical (unpaired) electrons. The van der Waals surface area contributed by atoms with Crippen LogP contribution in [-0.2, 0) is 0 Å². The van der Waals surface area contributed by atoms with E-state index in [2.05, 4.69) is 22.0 Å². The average molecular weight is 392 g/mol. The van der Waals surface area contributed by atoms with Crippen molar-refractivity contribution in [3.05, 3.63) is 24.3 Å². The maximum atomic E-state index is 13.0. The first-order chi connectivity index (χ1) is 13.3. The standard InChI is InChI=1S/C21H33N3O2S/c1-2-3-14-26-20-9-7-18(8-10-20)22-21(25)24-13-6-15-27-17-19(24)16-23-11-4-5-12-23/h7-10,19H,2-6,11-17H2,1H3,(H,22,25). The topological polar surface area (TPSA) is 44.8 Å². The van der Waals surface area contributed by atoms with Gasteiger partial charge < -0.3 is 19.9 Å². The number of urea groups is 1. The third kappa shape index (κ3) is 6.32. The Hall–Kier alpha value is -1.40. The highest BCUT2D eigenvalue weighted by atomic mass is 32.2. The third-order valence-corrected chi connectivity index (χ3v) is 6.44. The zero-order valence-corrected chi connectivity index (χ0v) is 17.3. The molecule has 2 aliphatic rings. The van der Waals surface area contributed by atoms with E-state index in [0.717, 1.165) is 61.9 Å².